The lowest BCUT2D eigenvalue weighted by Gasteiger charge is -2.18. The fourth-order valence-electron chi connectivity index (χ4n) is 2.13. The van der Waals surface area contributed by atoms with Gasteiger partial charge in [-0.15, -0.1) is 0 Å². The first-order valence-electron chi connectivity index (χ1n) is 6.30. The first kappa shape index (κ1) is 16.7. The SMILES string of the molecule is COc1cc(Br)c(C(Br)c2cccc(Cl)c2C)cc1OC. The molecule has 0 spiro atoms. The summed E-state index contributed by atoms with van der Waals surface area (Å²) in [6.45, 7) is 2.01. The molecule has 2 rings (SSSR count). The summed E-state index contributed by atoms with van der Waals surface area (Å²) in [5.74, 6) is 1.38. The molecule has 112 valence electrons. The van der Waals surface area contributed by atoms with E-state index in [0.717, 1.165) is 26.2 Å². The molecule has 2 aromatic rings. The lowest BCUT2D eigenvalue weighted by Crippen LogP contribution is -2.00. The molecule has 0 aliphatic carbocycles. The number of hydrogen-bond donors (Lipinski definition) is 0. The number of benzene rings is 2. The quantitative estimate of drug-likeness (QED) is 0.557. The van der Waals surface area contributed by atoms with E-state index >= 15 is 0 Å². The van der Waals surface area contributed by atoms with Crippen LogP contribution in [0.5, 0.6) is 11.5 Å². The van der Waals surface area contributed by atoms with Crippen molar-refractivity contribution in [3.8, 4) is 11.5 Å². The summed E-state index contributed by atoms with van der Waals surface area (Å²) < 4.78 is 11.6. The molecule has 0 saturated heterocycles. The molecular weight excluding hydrogens is 419 g/mol. The van der Waals surface area contributed by atoms with Crippen LogP contribution in [0.1, 0.15) is 21.5 Å². The first-order valence-corrected chi connectivity index (χ1v) is 8.38. The third-order valence-corrected chi connectivity index (χ3v) is 5.44. The lowest BCUT2D eigenvalue weighted by atomic mass is 10.00. The van der Waals surface area contributed by atoms with Gasteiger partial charge in [0.1, 0.15) is 0 Å². The molecule has 5 heteroatoms. The summed E-state index contributed by atoms with van der Waals surface area (Å²) in [5.41, 5.74) is 3.23. The number of rotatable bonds is 4. The molecule has 0 amide bonds. The number of hydrogen-bond acceptors (Lipinski definition) is 2. The Bertz CT molecular complexity index is 659. The Kier molecular flexibility index (Phi) is 5.58. The minimum atomic E-state index is 0.00498. The van der Waals surface area contributed by atoms with Gasteiger partial charge in [0.2, 0.25) is 0 Å². The third kappa shape index (κ3) is 3.38. The predicted octanol–water partition coefficient (Wildman–Crippen LogP) is 5.91. The molecule has 0 aromatic heterocycles. The molecule has 1 unspecified atom stereocenters. The number of ether oxygens (including phenoxy) is 2. The van der Waals surface area contributed by atoms with Gasteiger partial charge < -0.3 is 9.47 Å². The van der Waals surface area contributed by atoms with E-state index in [0.29, 0.717) is 11.5 Å². The van der Waals surface area contributed by atoms with Gasteiger partial charge in [-0.3, -0.25) is 0 Å². The molecule has 0 fully saturated rings. The van der Waals surface area contributed by atoms with Gasteiger partial charge in [0, 0.05) is 9.50 Å². The molecule has 0 heterocycles. The highest BCUT2D eigenvalue weighted by Crippen LogP contribution is 2.42. The maximum absolute atomic E-state index is 6.21. The van der Waals surface area contributed by atoms with Crippen molar-refractivity contribution in [1.82, 2.24) is 0 Å². The van der Waals surface area contributed by atoms with Crippen LogP contribution in [-0.2, 0) is 0 Å². The summed E-state index contributed by atoms with van der Waals surface area (Å²) >= 11 is 13.6. The van der Waals surface area contributed by atoms with Gasteiger partial charge in [0.25, 0.3) is 0 Å². The standard InChI is InChI=1S/C16H15Br2ClO2/c1-9-10(5-4-6-13(9)19)16(18)11-7-14(20-2)15(21-3)8-12(11)17/h4-8,16H,1-3H3. The van der Waals surface area contributed by atoms with E-state index in [1.165, 1.54) is 0 Å². The van der Waals surface area contributed by atoms with Crippen LogP contribution in [-0.4, -0.2) is 14.2 Å². The molecular formula is C16H15Br2ClO2. The molecule has 0 saturated carbocycles. The fraction of sp³-hybridized carbons (Fsp3) is 0.250. The van der Waals surface area contributed by atoms with Crippen molar-refractivity contribution >= 4 is 43.5 Å². The summed E-state index contributed by atoms with van der Waals surface area (Å²) in [4.78, 5) is 0.00498. The molecule has 1 atom stereocenters. The van der Waals surface area contributed by atoms with Gasteiger partial charge in [-0.2, -0.15) is 0 Å². The molecule has 0 aliphatic heterocycles. The summed E-state index contributed by atoms with van der Waals surface area (Å²) in [6.07, 6.45) is 0. The Morgan fingerprint density at radius 2 is 1.67 bits per heavy atom. The maximum atomic E-state index is 6.21. The Hall–Kier alpha value is -0.710. The second kappa shape index (κ2) is 7.03. The highest BCUT2D eigenvalue weighted by atomic mass is 79.9. The van der Waals surface area contributed by atoms with Crippen LogP contribution in [0.15, 0.2) is 34.8 Å². The van der Waals surface area contributed by atoms with Crippen LogP contribution in [0.2, 0.25) is 5.02 Å². The summed E-state index contributed by atoms with van der Waals surface area (Å²) in [7, 11) is 3.25. The number of halogens is 3. The molecule has 21 heavy (non-hydrogen) atoms. The van der Waals surface area contributed by atoms with Gasteiger partial charge in [-0.1, -0.05) is 55.6 Å². The van der Waals surface area contributed by atoms with Gasteiger partial charge in [0.05, 0.1) is 19.0 Å². The van der Waals surface area contributed by atoms with E-state index in [4.69, 9.17) is 21.1 Å². The van der Waals surface area contributed by atoms with E-state index in [1.807, 2.05) is 31.2 Å². The molecule has 2 nitrogen and oxygen atoms in total. The minimum absolute atomic E-state index is 0.00498. The van der Waals surface area contributed by atoms with Crippen LogP contribution in [0.4, 0.5) is 0 Å². The van der Waals surface area contributed by atoms with Crippen molar-refractivity contribution in [3.05, 3.63) is 56.5 Å². The van der Waals surface area contributed by atoms with Crippen molar-refractivity contribution in [2.75, 3.05) is 14.2 Å². The summed E-state index contributed by atoms with van der Waals surface area (Å²) in [6, 6.07) is 9.77. The lowest BCUT2D eigenvalue weighted by molar-refractivity contribution is 0.354. The topological polar surface area (TPSA) is 18.5 Å². The normalized spacial score (nSPS) is 12.1. The van der Waals surface area contributed by atoms with Crippen molar-refractivity contribution in [1.29, 1.82) is 0 Å². The smallest absolute Gasteiger partial charge is 0.161 e. The Morgan fingerprint density at radius 3 is 2.29 bits per heavy atom. The predicted molar refractivity (Wildman–Crippen MR) is 94.2 cm³/mol. The van der Waals surface area contributed by atoms with Crippen molar-refractivity contribution < 1.29 is 9.47 Å². The number of alkyl halides is 1. The Balaban J connectivity index is 2.53. The van der Waals surface area contributed by atoms with Crippen LogP contribution < -0.4 is 9.47 Å². The highest BCUT2D eigenvalue weighted by molar-refractivity contribution is 9.11. The second-order valence-corrected chi connectivity index (χ2v) is 6.72. The molecule has 0 N–H and O–H groups in total. The highest BCUT2D eigenvalue weighted by Gasteiger charge is 2.19. The van der Waals surface area contributed by atoms with Crippen LogP contribution in [0, 0.1) is 6.92 Å². The maximum Gasteiger partial charge on any atom is 0.161 e. The van der Waals surface area contributed by atoms with Crippen molar-refractivity contribution in [2.24, 2.45) is 0 Å². The van der Waals surface area contributed by atoms with E-state index < -0.39 is 0 Å². The van der Waals surface area contributed by atoms with Crippen LogP contribution >= 0.6 is 43.5 Å². The van der Waals surface area contributed by atoms with Gasteiger partial charge >= 0.3 is 0 Å². The van der Waals surface area contributed by atoms with E-state index in [-0.39, 0.29) is 4.83 Å². The van der Waals surface area contributed by atoms with Gasteiger partial charge in [-0.05, 0) is 41.8 Å². The van der Waals surface area contributed by atoms with Gasteiger partial charge in [-0.25, -0.2) is 0 Å². The third-order valence-electron chi connectivity index (χ3n) is 3.36. The molecule has 0 bridgehead atoms. The van der Waals surface area contributed by atoms with Crippen LogP contribution in [0.25, 0.3) is 0 Å². The monoisotopic (exact) mass is 432 g/mol. The minimum Gasteiger partial charge on any atom is -0.493 e. The first-order chi connectivity index (χ1) is 9.99. The van der Waals surface area contributed by atoms with E-state index in [1.54, 1.807) is 14.2 Å². The summed E-state index contributed by atoms with van der Waals surface area (Å²) in [5, 5.41) is 0.758. The van der Waals surface area contributed by atoms with E-state index in [2.05, 4.69) is 37.9 Å². The molecule has 2 aromatic carbocycles. The van der Waals surface area contributed by atoms with Crippen molar-refractivity contribution in [2.45, 2.75) is 11.8 Å². The van der Waals surface area contributed by atoms with Gasteiger partial charge in [0.15, 0.2) is 11.5 Å². The zero-order valence-corrected chi connectivity index (χ0v) is 15.8. The average molecular weight is 435 g/mol. The average Bonchev–Trinajstić information content (AvgIpc) is 2.49. The Morgan fingerprint density at radius 1 is 1.05 bits per heavy atom. The van der Waals surface area contributed by atoms with Crippen LogP contribution in [0.3, 0.4) is 0 Å². The molecule has 0 aliphatic rings. The Labute approximate surface area is 146 Å². The molecule has 0 radical (unpaired) electrons. The fourth-order valence-corrected chi connectivity index (χ4v) is 4.05. The number of methoxy groups -OCH3 is 2. The second-order valence-electron chi connectivity index (χ2n) is 4.55. The zero-order chi connectivity index (χ0) is 15.6. The zero-order valence-electron chi connectivity index (χ0n) is 11.9. The van der Waals surface area contributed by atoms with Crippen molar-refractivity contribution in [3.63, 3.8) is 0 Å². The largest absolute Gasteiger partial charge is 0.493 e. The van der Waals surface area contributed by atoms with E-state index in [9.17, 15) is 0 Å².